The van der Waals surface area contributed by atoms with Crippen LogP contribution in [0.25, 0.3) is 0 Å². The first kappa shape index (κ1) is 13.9. The predicted molar refractivity (Wildman–Crippen MR) is 77.8 cm³/mol. The van der Waals surface area contributed by atoms with Gasteiger partial charge in [-0.1, -0.05) is 31.0 Å². The molecule has 2 atom stereocenters. The fraction of sp³-hybridized carbons (Fsp3) is 0.600. The van der Waals surface area contributed by atoms with Crippen LogP contribution in [0.4, 0.5) is 0 Å². The molecule has 2 nitrogen and oxygen atoms in total. The summed E-state index contributed by atoms with van der Waals surface area (Å²) in [5.74, 6) is 0.645. The van der Waals surface area contributed by atoms with E-state index in [0.717, 1.165) is 31.1 Å². The fourth-order valence-corrected chi connectivity index (χ4v) is 3.01. The molecule has 100 valence electrons. The molecule has 1 saturated heterocycles. The van der Waals surface area contributed by atoms with Crippen LogP contribution in [0, 0.1) is 12.8 Å². The van der Waals surface area contributed by atoms with E-state index in [1.54, 1.807) is 0 Å². The number of rotatable bonds is 3. The van der Waals surface area contributed by atoms with Gasteiger partial charge in [0.1, 0.15) is 0 Å². The van der Waals surface area contributed by atoms with E-state index in [2.05, 4.69) is 24.8 Å². The van der Waals surface area contributed by atoms with E-state index >= 15 is 0 Å². The highest BCUT2D eigenvalue weighted by atomic mass is 35.5. The van der Waals surface area contributed by atoms with Gasteiger partial charge >= 0.3 is 0 Å². The van der Waals surface area contributed by atoms with Crippen molar-refractivity contribution in [3.05, 3.63) is 34.3 Å². The third kappa shape index (κ3) is 3.25. The molecule has 1 aliphatic heterocycles. The number of aryl methyl sites for hydroxylation is 1. The first-order valence-corrected chi connectivity index (χ1v) is 7.21. The molecule has 1 aromatic rings. The van der Waals surface area contributed by atoms with Gasteiger partial charge in [0.2, 0.25) is 0 Å². The molecule has 18 heavy (non-hydrogen) atoms. The first-order chi connectivity index (χ1) is 8.60. The highest BCUT2D eigenvalue weighted by Gasteiger charge is 2.25. The van der Waals surface area contributed by atoms with Crippen molar-refractivity contribution < 1.29 is 0 Å². The number of hydrogen-bond donors (Lipinski definition) is 1. The van der Waals surface area contributed by atoms with Gasteiger partial charge in [0.15, 0.2) is 0 Å². The molecular formula is C15H23ClN2. The van der Waals surface area contributed by atoms with E-state index in [4.69, 9.17) is 17.3 Å². The Morgan fingerprint density at radius 3 is 2.89 bits per heavy atom. The maximum atomic E-state index is 6.15. The molecule has 0 aliphatic carbocycles. The largest absolute Gasteiger partial charge is 0.327 e. The van der Waals surface area contributed by atoms with Crippen molar-refractivity contribution in [2.24, 2.45) is 11.7 Å². The normalized spacial score (nSPS) is 25.3. The van der Waals surface area contributed by atoms with Crippen molar-refractivity contribution in [1.82, 2.24) is 4.90 Å². The summed E-state index contributed by atoms with van der Waals surface area (Å²) in [4.78, 5) is 2.52. The Hall–Kier alpha value is -0.570. The number of piperidine rings is 1. The molecule has 1 heterocycles. The lowest BCUT2D eigenvalue weighted by molar-refractivity contribution is 0.145. The number of hydrogen-bond acceptors (Lipinski definition) is 2. The lowest BCUT2D eigenvalue weighted by Gasteiger charge is -2.36. The zero-order chi connectivity index (χ0) is 13.1. The van der Waals surface area contributed by atoms with E-state index in [0.29, 0.717) is 12.0 Å². The standard InChI is InChI=1S/C15H23ClN2/c1-3-12-9-18(7-6-15(12)17)10-13-4-5-14(16)8-11(13)2/h4-5,8,12,15H,3,6-7,9-10,17H2,1-2H3. The maximum Gasteiger partial charge on any atom is 0.0408 e. The van der Waals surface area contributed by atoms with Crippen LogP contribution in [-0.4, -0.2) is 24.0 Å². The Morgan fingerprint density at radius 2 is 2.22 bits per heavy atom. The predicted octanol–water partition coefficient (Wildman–Crippen LogP) is 3.21. The highest BCUT2D eigenvalue weighted by Crippen LogP contribution is 2.22. The molecule has 3 heteroatoms. The van der Waals surface area contributed by atoms with Crippen molar-refractivity contribution in [2.75, 3.05) is 13.1 Å². The lowest BCUT2D eigenvalue weighted by Crippen LogP contribution is -2.46. The van der Waals surface area contributed by atoms with Crippen molar-refractivity contribution >= 4 is 11.6 Å². The number of nitrogens with two attached hydrogens (primary N) is 1. The van der Waals surface area contributed by atoms with E-state index < -0.39 is 0 Å². The van der Waals surface area contributed by atoms with Gasteiger partial charge in [0, 0.05) is 24.2 Å². The molecule has 2 rings (SSSR count). The summed E-state index contributed by atoms with van der Waals surface area (Å²) >= 11 is 5.99. The zero-order valence-corrected chi connectivity index (χ0v) is 12.1. The molecule has 2 N–H and O–H groups in total. The summed E-state index contributed by atoms with van der Waals surface area (Å²) in [6.45, 7) is 7.63. The van der Waals surface area contributed by atoms with Crippen LogP contribution in [0.1, 0.15) is 30.9 Å². The summed E-state index contributed by atoms with van der Waals surface area (Å²) in [6.07, 6.45) is 2.29. The molecular weight excluding hydrogens is 244 g/mol. The van der Waals surface area contributed by atoms with Gasteiger partial charge in [-0.2, -0.15) is 0 Å². The minimum atomic E-state index is 0.387. The average Bonchev–Trinajstić information content (AvgIpc) is 2.35. The minimum absolute atomic E-state index is 0.387. The smallest absolute Gasteiger partial charge is 0.0408 e. The second kappa shape index (κ2) is 6.05. The van der Waals surface area contributed by atoms with Crippen LogP contribution in [0.2, 0.25) is 5.02 Å². The summed E-state index contributed by atoms with van der Waals surface area (Å²) in [6, 6.07) is 6.56. The number of nitrogens with zero attached hydrogens (tertiary/aromatic N) is 1. The number of halogens is 1. The summed E-state index contributed by atoms with van der Waals surface area (Å²) < 4.78 is 0. The Bertz CT molecular complexity index is 405. The van der Waals surface area contributed by atoms with Gasteiger partial charge in [-0.15, -0.1) is 0 Å². The topological polar surface area (TPSA) is 29.3 Å². The Morgan fingerprint density at radius 1 is 1.44 bits per heavy atom. The Labute approximate surface area is 115 Å². The third-order valence-corrected chi connectivity index (χ3v) is 4.33. The van der Waals surface area contributed by atoms with Crippen LogP contribution in [0.5, 0.6) is 0 Å². The van der Waals surface area contributed by atoms with E-state index in [9.17, 15) is 0 Å². The van der Waals surface area contributed by atoms with E-state index in [1.807, 2.05) is 12.1 Å². The molecule has 0 saturated carbocycles. The molecule has 0 bridgehead atoms. The van der Waals surface area contributed by atoms with Crippen LogP contribution < -0.4 is 5.73 Å². The van der Waals surface area contributed by atoms with Gasteiger partial charge in [0.05, 0.1) is 0 Å². The molecule has 0 radical (unpaired) electrons. The fourth-order valence-electron chi connectivity index (χ4n) is 2.78. The molecule has 1 aliphatic rings. The number of benzene rings is 1. The second-order valence-corrected chi connectivity index (χ2v) is 5.86. The molecule has 0 spiro atoms. The lowest BCUT2D eigenvalue weighted by atomic mass is 9.90. The van der Waals surface area contributed by atoms with Crippen LogP contribution in [0.3, 0.4) is 0 Å². The molecule has 0 amide bonds. The zero-order valence-electron chi connectivity index (χ0n) is 11.3. The SMILES string of the molecule is CCC1CN(Cc2ccc(Cl)cc2C)CCC1N. The Kier molecular flexibility index (Phi) is 4.66. The van der Waals surface area contributed by atoms with Gasteiger partial charge in [-0.3, -0.25) is 4.90 Å². The molecule has 2 unspecified atom stereocenters. The second-order valence-electron chi connectivity index (χ2n) is 5.43. The van der Waals surface area contributed by atoms with Gasteiger partial charge in [0.25, 0.3) is 0 Å². The van der Waals surface area contributed by atoms with E-state index in [-0.39, 0.29) is 0 Å². The number of likely N-dealkylation sites (tertiary alicyclic amines) is 1. The van der Waals surface area contributed by atoms with Gasteiger partial charge < -0.3 is 5.73 Å². The maximum absolute atomic E-state index is 6.15. The molecule has 0 aromatic heterocycles. The minimum Gasteiger partial charge on any atom is -0.327 e. The third-order valence-electron chi connectivity index (χ3n) is 4.10. The van der Waals surface area contributed by atoms with Crippen LogP contribution in [0.15, 0.2) is 18.2 Å². The summed E-state index contributed by atoms with van der Waals surface area (Å²) in [5.41, 5.74) is 8.81. The van der Waals surface area contributed by atoms with Crippen molar-refractivity contribution in [2.45, 2.75) is 39.3 Å². The highest BCUT2D eigenvalue weighted by molar-refractivity contribution is 6.30. The summed E-state index contributed by atoms with van der Waals surface area (Å²) in [5, 5.41) is 0.823. The monoisotopic (exact) mass is 266 g/mol. The average molecular weight is 267 g/mol. The molecule has 1 aromatic carbocycles. The Balaban J connectivity index is 2.01. The van der Waals surface area contributed by atoms with Crippen molar-refractivity contribution in [1.29, 1.82) is 0 Å². The van der Waals surface area contributed by atoms with Crippen molar-refractivity contribution in [3.8, 4) is 0 Å². The first-order valence-electron chi connectivity index (χ1n) is 6.83. The van der Waals surface area contributed by atoms with Crippen LogP contribution in [-0.2, 0) is 6.54 Å². The van der Waals surface area contributed by atoms with Gasteiger partial charge in [-0.25, -0.2) is 0 Å². The quantitative estimate of drug-likeness (QED) is 0.910. The van der Waals surface area contributed by atoms with Gasteiger partial charge in [-0.05, 0) is 49.1 Å². The summed E-state index contributed by atoms with van der Waals surface area (Å²) in [7, 11) is 0. The van der Waals surface area contributed by atoms with E-state index in [1.165, 1.54) is 17.5 Å². The van der Waals surface area contributed by atoms with Crippen LogP contribution >= 0.6 is 11.6 Å². The van der Waals surface area contributed by atoms with Crippen molar-refractivity contribution in [3.63, 3.8) is 0 Å². The molecule has 1 fully saturated rings.